The molecule has 5 heteroatoms. The number of likely N-dealkylation sites (tertiary alicyclic amines) is 1. The summed E-state index contributed by atoms with van der Waals surface area (Å²) in [5, 5.41) is 6.63. The Morgan fingerprint density at radius 1 is 1.14 bits per heavy atom. The fraction of sp³-hybridized carbons (Fsp3) is 0.941. The first-order valence-corrected chi connectivity index (χ1v) is 8.90. The number of guanidine groups is 1. The molecule has 1 saturated heterocycles. The van der Waals surface area contributed by atoms with E-state index in [-0.39, 0.29) is 0 Å². The number of ether oxygens (including phenoxy) is 1. The summed E-state index contributed by atoms with van der Waals surface area (Å²) in [5.41, 5.74) is 0. The molecule has 1 rings (SSSR count). The second kappa shape index (κ2) is 11.7. The lowest BCUT2D eigenvalue weighted by Gasteiger charge is -2.34. The van der Waals surface area contributed by atoms with Crippen LogP contribution in [-0.2, 0) is 4.74 Å². The molecule has 0 saturated carbocycles. The highest BCUT2D eigenvalue weighted by molar-refractivity contribution is 5.79. The predicted molar refractivity (Wildman–Crippen MR) is 94.5 cm³/mol. The third kappa shape index (κ3) is 8.59. The molecule has 0 aliphatic carbocycles. The zero-order chi connectivity index (χ0) is 16.2. The summed E-state index contributed by atoms with van der Waals surface area (Å²) in [6, 6.07) is 0. The number of hydrogen-bond acceptors (Lipinski definition) is 3. The van der Waals surface area contributed by atoms with E-state index in [0.29, 0.717) is 0 Å². The molecular weight excluding hydrogens is 276 g/mol. The van der Waals surface area contributed by atoms with Crippen LogP contribution in [0.4, 0.5) is 0 Å². The van der Waals surface area contributed by atoms with E-state index >= 15 is 0 Å². The van der Waals surface area contributed by atoms with Gasteiger partial charge in [0.15, 0.2) is 5.96 Å². The van der Waals surface area contributed by atoms with E-state index in [2.05, 4.69) is 34.4 Å². The zero-order valence-corrected chi connectivity index (χ0v) is 15.0. The van der Waals surface area contributed by atoms with E-state index in [1.807, 2.05) is 14.0 Å². The van der Waals surface area contributed by atoms with E-state index in [1.165, 1.54) is 38.9 Å². The van der Waals surface area contributed by atoms with Gasteiger partial charge in [0.1, 0.15) is 0 Å². The first kappa shape index (κ1) is 19.2. The third-order valence-electron chi connectivity index (χ3n) is 4.10. The van der Waals surface area contributed by atoms with E-state index in [1.54, 1.807) is 0 Å². The van der Waals surface area contributed by atoms with Gasteiger partial charge in [0.2, 0.25) is 0 Å². The smallest absolute Gasteiger partial charge is 0.191 e. The van der Waals surface area contributed by atoms with Crippen LogP contribution in [0.2, 0.25) is 0 Å². The van der Waals surface area contributed by atoms with Crippen molar-refractivity contribution in [3.05, 3.63) is 0 Å². The zero-order valence-electron chi connectivity index (χ0n) is 15.0. The van der Waals surface area contributed by atoms with Crippen molar-refractivity contribution in [3.8, 4) is 0 Å². The predicted octanol–water partition coefficient (Wildman–Crippen LogP) is 1.95. The number of nitrogens with zero attached hydrogens (tertiary/aromatic N) is 2. The maximum Gasteiger partial charge on any atom is 0.191 e. The lowest BCUT2D eigenvalue weighted by Crippen LogP contribution is -2.40. The molecule has 2 N–H and O–H groups in total. The van der Waals surface area contributed by atoms with Crippen molar-refractivity contribution in [2.75, 3.05) is 53.0 Å². The minimum Gasteiger partial charge on any atom is -0.380 e. The molecule has 2 atom stereocenters. The van der Waals surface area contributed by atoms with Crippen molar-refractivity contribution in [2.24, 2.45) is 16.8 Å². The second-order valence-electron chi connectivity index (χ2n) is 6.54. The summed E-state index contributed by atoms with van der Waals surface area (Å²) in [7, 11) is 1.81. The Balaban J connectivity index is 2.04. The molecule has 0 bridgehead atoms. The Morgan fingerprint density at radius 3 is 2.45 bits per heavy atom. The Bertz CT molecular complexity index is 299. The van der Waals surface area contributed by atoms with Crippen molar-refractivity contribution in [2.45, 2.75) is 40.0 Å². The average Bonchev–Trinajstić information content (AvgIpc) is 2.48. The van der Waals surface area contributed by atoms with Gasteiger partial charge in [0.25, 0.3) is 0 Å². The number of rotatable bonds is 9. The average molecular weight is 313 g/mol. The number of aliphatic imine (C=N–C) groups is 1. The molecular formula is C17H36N4O. The fourth-order valence-electron chi connectivity index (χ4n) is 3.25. The maximum absolute atomic E-state index is 5.31. The molecule has 1 aliphatic rings. The van der Waals surface area contributed by atoms with Crippen molar-refractivity contribution < 1.29 is 4.74 Å². The van der Waals surface area contributed by atoms with Gasteiger partial charge in [-0.3, -0.25) is 4.99 Å². The van der Waals surface area contributed by atoms with Crippen molar-refractivity contribution in [1.29, 1.82) is 0 Å². The highest BCUT2D eigenvalue weighted by Crippen LogP contribution is 2.20. The van der Waals surface area contributed by atoms with Crippen LogP contribution in [0.5, 0.6) is 0 Å². The van der Waals surface area contributed by atoms with Gasteiger partial charge in [-0.05, 0) is 44.6 Å². The van der Waals surface area contributed by atoms with Crippen LogP contribution in [0, 0.1) is 11.8 Å². The summed E-state index contributed by atoms with van der Waals surface area (Å²) in [6.07, 6.45) is 3.83. The number of hydrogen-bond donors (Lipinski definition) is 2. The summed E-state index contributed by atoms with van der Waals surface area (Å²) in [6.45, 7) is 13.8. The molecule has 1 fully saturated rings. The van der Waals surface area contributed by atoms with E-state index in [0.717, 1.165) is 44.1 Å². The molecule has 5 nitrogen and oxygen atoms in total. The van der Waals surface area contributed by atoms with E-state index in [9.17, 15) is 0 Å². The van der Waals surface area contributed by atoms with Crippen LogP contribution in [0.1, 0.15) is 40.0 Å². The Labute approximate surface area is 136 Å². The second-order valence-corrected chi connectivity index (χ2v) is 6.54. The van der Waals surface area contributed by atoms with Gasteiger partial charge in [-0.2, -0.15) is 0 Å². The Hall–Kier alpha value is -0.810. The molecule has 2 unspecified atom stereocenters. The van der Waals surface area contributed by atoms with Gasteiger partial charge in [-0.15, -0.1) is 0 Å². The number of unbranched alkanes of at least 4 members (excludes halogenated alkanes) is 1. The molecule has 0 aromatic carbocycles. The first-order chi connectivity index (χ1) is 10.7. The summed E-state index contributed by atoms with van der Waals surface area (Å²) >= 11 is 0. The Morgan fingerprint density at radius 2 is 1.82 bits per heavy atom. The molecule has 0 amide bonds. The van der Waals surface area contributed by atoms with Crippen molar-refractivity contribution >= 4 is 5.96 Å². The minimum absolute atomic E-state index is 0.725. The van der Waals surface area contributed by atoms with Crippen molar-refractivity contribution in [3.63, 3.8) is 0 Å². The molecule has 130 valence electrons. The minimum atomic E-state index is 0.725. The van der Waals surface area contributed by atoms with E-state index < -0.39 is 0 Å². The standard InChI is InChI=1S/C17H36N4O/c1-5-22-11-9-20-17(18-4)19-8-6-7-10-21-13-15(2)12-16(3)14-21/h15-16H,5-14H2,1-4H3,(H2,18,19,20). The van der Waals surface area contributed by atoms with Crippen LogP contribution in [-0.4, -0.2) is 63.8 Å². The van der Waals surface area contributed by atoms with Crippen LogP contribution >= 0.6 is 0 Å². The Kier molecular flexibility index (Phi) is 10.2. The number of nitrogens with one attached hydrogen (secondary N) is 2. The lowest BCUT2D eigenvalue weighted by atomic mass is 9.92. The fourth-order valence-corrected chi connectivity index (χ4v) is 3.25. The highest BCUT2D eigenvalue weighted by atomic mass is 16.5. The first-order valence-electron chi connectivity index (χ1n) is 8.90. The molecule has 0 spiro atoms. The third-order valence-corrected chi connectivity index (χ3v) is 4.10. The normalized spacial score (nSPS) is 23.5. The highest BCUT2D eigenvalue weighted by Gasteiger charge is 2.20. The van der Waals surface area contributed by atoms with Crippen LogP contribution in [0.15, 0.2) is 4.99 Å². The molecule has 1 heterocycles. The largest absolute Gasteiger partial charge is 0.380 e. The summed E-state index contributed by atoms with van der Waals surface area (Å²) in [5.74, 6) is 2.59. The van der Waals surface area contributed by atoms with Gasteiger partial charge in [0.05, 0.1) is 6.61 Å². The maximum atomic E-state index is 5.31. The molecule has 1 aliphatic heterocycles. The van der Waals surface area contributed by atoms with Crippen LogP contribution < -0.4 is 10.6 Å². The van der Waals surface area contributed by atoms with Gasteiger partial charge < -0.3 is 20.3 Å². The van der Waals surface area contributed by atoms with Gasteiger partial charge >= 0.3 is 0 Å². The van der Waals surface area contributed by atoms with Gasteiger partial charge in [0, 0.05) is 39.8 Å². The topological polar surface area (TPSA) is 48.9 Å². The SMILES string of the molecule is CCOCCNC(=NC)NCCCCN1CC(C)CC(C)C1. The summed E-state index contributed by atoms with van der Waals surface area (Å²) in [4.78, 5) is 6.85. The quantitative estimate of drug-likeness (QED) is 0.388. The molecule has 0 aromatic rings. The van der Waals surface area contributed by atoms with E-state index in [4.69, 9.17) is 4.74 Å². The van der Waals surface area contributed by atoms with Crippen LogP contribution in [0.3, 0.4) is 0 Å². The molecule has 0 radical (unpaired) electrons. The lowest BCUT2D eigenvalue weighted by molar-refractivity contribution is 0.139. The molecule has 22 heavy (non-hydrogen) atoms. The molecule has 0 aromatic heterocycles. The van der Waals surface area contributed by atoms with Crippen molar-refractivity contribution in [1.82, 2.24) is 15.5 Å². The van der Waals surface area contributed by atoms with Gasteiger partial charge in [-0.1, -0.05) is 13.8 Å². The monoisotopic (exact) mass is 312 g/mol. The summed E-state index contributed by atoms with van der Waals surface area (Å²) < 4.78 is 5.31. The van der Waals surface area contributed by atoms with Gasteiger partial charge in [-0.25, -0.2) is 0 Å². The van der Waals surface area contributed by atoms with Crippen LogP contribution in [0.25, 0.3) is 0 Å². The number of piperidine rings is 1.